The van der Waals surface area contributed by atoms with Crippen molar-refractivity contribution in [3.63, 3.8) is 0 Å². The number of rotatable bonds is 4. The molecule has 3 N–H and O–H groups in total. The van der Waals surface area contributed by atoms with Gasteiger partial charge in [0.1, 0.15) is 11.8 Å². The van der Waals surface area contributed by atoms with Crippen molar-refractivity contribution in [2.45, 2.75) is 12.5 Å². The van der Waals surface area contributed by atoms with E-state index in [-0.39, 0.29) is 12.3 Å². The number of piperazine rings is 1. The number of benzene rings is 1. The molecule has 1 fully saturated rings. The van der Waals surface area contributed by atoms with Gasteiger partial charge in [-0.15, -0.1) is 0 Å². The Labute approximate surface area is 117 Å². The Balaban J connectivity index is 2.12. The normalized spacial score (nSPS) is 18.6. The van der Waals surface area contributed by atoms with E-state index in [1.807, 2.05) is 24.3 Å². The van der Waals surface area contributed by atoms with Gasteiger partial charge < -0.3 is 20.7 Å². The lowest BCUT2D eigenvalue weighted by Crippen LogP contribution is -2.59. The van der Waals surface area contributed by atoms with Crippen molar-refractivity contribution in [2.75, 3.05) is 26.7 Å². The van der Waals surface area contributed by atoms with Gasteiger partial charge in [-0.05, 0) is 6.07 Å². The number of primary amides is 1. The number of para-hydroxylation sites is 1. The molecule has 0 aromatic heterocycles. The average Bonchev–Trinajstić information content (AvgIpc) is 2.47. The molecule has 6 heteroatoms. The summed E-state index contributed by atoms with van der Waals surface area (Å²) >= 11 is 0. The molecule has 1 saturated heterocycles. The number of ether oxygens (including phenoxy) is 1. The molecule has 1 atom stereocenters. The van der Waals surface area contributed by atoms with Gasteiger partial charge in [0.2, 0.25) is 11.8 Å². The molecule has 20 heavy (non-hydrogen) atoms. The van der Waals surface area contributed by atoms with Crippen LogP contribution in [0.5, 0.6) is 5.75 Å². The van der Waals surface area contributed by atoms with Crippen LogP contribution in [0.2, 0.25) is 0 Å². The van der Waals surface area contributed by atoms with Crippen molar-refractivity contribution >= 4 is 11.8 Å². The van der Waals surface area contributed by atoms with Gasteiger partial charge in [0.15, 0.2) is 0 Å². The zero-order chi connectivity index (χ0) is 14.5. The van der Waals surface area contributed by atoms with Crippen LogP contribution in [0, 0.1) is 0 Å². The Morgan fingerprint density at radius 3 is 2.90 bits per heavy atom. The molecule has 0 aliphatic carbocycles. The predicted octanol–water partition coefficient (Wildman–Crippen LogP) is -0.477. The Hall–Kier alpha value is -2.08. The Bertz CT molecular complexity index is 504. The summed E-state index contributed by atoms with van der Waals surface area (Å²) in [5.74, 6) is 0.0805. The molecule has 2 rings (SSSR count). The van der Waals surface area contributed by atoms with E-state index < -0.39 is 11.9 Å². The SMILES string of the molecule is COc1ccccc1CC(=O)N1CCNCC1C(N)=O. The first-order valence-corrected chi connectivity index (χ1v) is 6.55. The quantitative estimate of drug-likeness (QED) is 0.779. The maximum absolute atomic E-state index is 12.4. The highest BCUT2D eigenvalue weighted by Crippen LogP contribution is 2.19. The van der Waals surface area contributed by atoms with Crippen molar-refractivity contribution in [3.8, 4) is 5.75 Å². The van der Waals surface area contributed by atoms with E-state index in [2.05, 4.69) is 5.32 Å². The van der Waals surface area contributed by atoms with Crippen LogP contribution in [0.3, 0.4) is 0 Å². The third-order valence-corrected chi connectivity index (χ3v) is 3.43. The van der Waals surface area contributed by atoms with Crippen LogP contribution < -0.4 is 15.8 Å². The highest BCUT2D eigenvalue weighted by atomic mass is 16.5. The van der Waals surface area contributed by atoms with Gasteiger partial charge in [-0.1, -0.05) is 18.2 Å². The molecule has 1 aliphatic rings. The van der Waals surface area contributed by atoms with Gasteiger partial charge in [0, 0.05) is 25.2 Å². The van der Waals surface area contributed by atoms with Gasteiger partial charge >= 0.3 is 0 Å². The molecule has 0 saturated carbocycles. The standard InChI is InChI=1S/C14H19N3O3/c1-20-12-5-3-2-4-10(12)8-13(18)17-7-6-16-9-11(17)14(15)19/h2-5,11,16H,6-9H2,1H3,(H2,15,19). The zero-order valence-electron chi connectivity index (χ0n) is 11.5. The molecule has 0 spiro atoms. The van der Waals surface area contributed by atoms with Gasteiger partial charge in [0.25, 0.3) is 0 Å². The number of hydrogen-bond acceptors (Lipinski definition) is 4. The van der Waals surface area contributed by atoms with Gasteiger partial charge in [-0.2, -0.15) is 0 Å². The van der Waals surface area contributed by atoms with Crippen molar-refractivity contribution in [2.24, 2.45) is 5.73 Å². The highest BCUT2D eigenvalue weighted by molar-refractivity contribution is 5.88. The summed E-state index contributed by atoms with van der Waals surface area (Å²) in [6.07, 6.45) is 0.202. The van der Waals surface area contributed by atoms with Gasteiger partial charge in [0.05, 0.1) is 13.5 Å². The molecule has 1 aromatic rings. The van der Waals surface area contributed by atoms with E-state index in [0.29, 0.717) is 25.4 Å². The molecular formula is C14H19N3O3. The number of methoxy groups -OCH3 is 1. The predicted molar refractivity (Wildman–Crippen MR) is 74.3 cm³/mol. The van der Waals surface area contributed by atoms with Crippen LogP contribution in [-0.2, 0) is 16.0 Å². The van der Waals surface area contributed by atoms with E-state index in [9.17, 15) is 9.59 Å². The van der Waals surface area contributed by atoms with E-state index >= 15 is 0 Å². The van der Waals surface area contributed by atoms with E-state index in [0.717, 1.165) is 5.56 Å². The maximum Gasteiger partial charge on any atom is 0.241 e. The molecule has 6 nitrogen and oxygen atoms in total. The van der Waals surface area contributed by atoms with Crippen molar-refractivity contribution in [1.29, 1.82) is 0 Å². The molecule has 1 heterocycles. The van der Waals surface area contributed by atoms with Crippen molar-refractivity contribution in [1.82, 2.24) is 10.2 Å². The Morgan fingerprint density at radius 1 is 1.45 bits per heavy atom. The van der Waals surface area contributed by atoms with E-state index in [1.165, 1.54) is 0 Å². The third-order valence-electron chi connectivity index (χ3n) is 3.43. The number of carbonyl (C=O) groups is 2. The largest absolute Gasteiger partial charge is 0.496 e. The Morgan fingerprint density at radius 2 is 2.20 bits per heavy atom. The molecule has 1 unspecified atom stereocenters. The third kappa shape index (κ3) is 3.08. The molecular weight excluding hydrogens is 258 g/mol. The second kappa shape index (κ2) is 6.38. The number of hydrogen-bond donors (Lipinski definition) is 2. The summed E-state index contributed by atoms with van der Waals surface area (Å²) in [5, 5.41) is 3.07. The smallest absolute Gasteiger partial charge is 0.241 e. The van der Waals surface area contributed by atoms with Crippen LogP contribution in [0.4, 0.5) is 0 Å². The summed E-state index contributed by atoms with van der Waals surface area (Å²) in [5.41, 5.74) is 6.15. The number of carbonyl (C=O) groups excluding carboxylic acids is 2. The van der Waals surface area contributed by atoms with Crippen molar-refractivity contribution < 1.29 is 14.3 Å². The minimum absolute atomic E-state index is 0.111. The summed E-state index contributed by atoms with van der Waals surface area (Å²) in [7, 11) is 1.57. The van der Waals surface area contributed by atoms with Crippen LogP contribution in [-0.4, -0.2) is 49.5 Å². The first-order valence-electron chi connectivity index (χ1n) is 6.55. The van der Waals surface area contributed by atoms with Gasteiger partial charge in [-0.25, -0.2) is 0 Å². The fraction of sp³-hybridized carbons (Fsp3) is 0.429. The average molecular weight is 277 g/mol. The molecule has 0 bridgehead atoms. The number of nitrogens with one attached hydrogen (secondary N) is 1. The van der Waals surface area contributed by atoms with Crippen LogP contribution in [0.1, 0.15) is 5.56 Å². The molecule has 1 aliphatic heterocycles. The summed E-state index contributed by atoms with van der Waals surface area (Å²) in [4.78, 5) is 25.3. The topological polar surface area (TPSA) is 84.7 Å². The summed E-state index contributed by atoms with van der Waals surface area (Å²) in [6, 6.07) is 6.79. The molecule has 108 valence electrons. The second-order valence-electron chi connectivity index (χ2n) is 4.70. The van der Waals surface area contributed by atoms with E-state index in [1.54, 1.807) is 12.0 Å². The second-order valence-corrected chi connectivity index (χ2v) is 4.70. The summed E-state index contributed by atoms with van der Waals surface area (Å²) < 4.78 is 5.23. The lowest BCUT2D eigenvalue weighted by molar-refractivity contribution is -0.139. The fourth-order valence-corrected chi connectivity index (χ4v) is 2.37. The molecule has 0 radical (unpaired) electrons. The minimum atomic E-state index is -0.578. The first-order chi connectivity index (χ1) is 9.63. The lowest BCUT2D eigenvalue weighted by Gasteiger charge is -2.34. The number of nitrogens with two attached hydrogens (primary N) is 1. The Kier molecular flexibility index (Phi) is 4.57. The number of amides is 2. The van der Waals surface area contributed by atoms with E-state index in [4.69, 9.17) is 10.5 Å². The molecule has 1 aromatic carbocycles. The maximum atomic E-state index is 12.4. The monoisotopic (exact) mass is 277 g/mol. The van der Waals surface area contributed by atoms with Crippen LogP contribution in [0.15, 0.2) is 24.3 Å². The van der Waals surface area contributed by atoms with Crippen LogP contribution in [0.25, 0.3) is 0 Å². The first kappa shape index (κ1) is 14.3. The van der Waals surface area contributed by atoms with Crippen molar-refractivity contribution in [3.05, 3.63) is 29.8 Å². The summed E-state index contributed by atoms with van der Waals surface area (Å²) in [6.45, 7) is 1.57. The zero-order valence-corrected chi connectivity index (χ0v) is 11.5. The highest BCUT2D eigenvalue weighted by Gasteiger charge is 2.30. The van der Waals surface area contributed by atoms with Crippen LogP contribution >= 0.6 is 0 Å². The lowest BCUT2D eigenvalue weighted by atomic mass is 10.1. The number of nitrogens with zero attached hydrogens (tertiary/aromatic N) is 1. The minimum Gasteiger partial charge on any atom is -0.496 e. The molecule has 2 amide bonds. The van der Waals surface area contributed by atoms with Gasteiger partial charge in [-0.3, -0.25) is 9.59 Å². The fourth-order valence-electron chi connectivity index (χ4n) is 2.37.